The summed E-state index contributed by atoms with van der Waals surface area (Å²) >= 11 is 5.99. The van der Waals surface area contributed by atoms with Crippen LogP contribution in [0.15, 0.2) is 78.6 Å². The van der Waals surface area contributed by atoms with Gasteiger partial charge >= 0.3 is 0 Å². The number of hydrogen-bond donors (Lipinski definition) is 1. The summed E-state index contributed by atoms with van der Waals surface area (Å²) < 4.78 is 5.43. The molecular weight excluding hydrogens is 416 g/mol. The van der Waals surface area contributed by atoms with Crippen LogP contribution in [-0.4, -0.2) is 28.4 Å². The van der Waals surface area contributed by atoms with Crippen LogP contribution in [0.25, 0.3) is 5.76 Å². The Kier molecular flexibility index (Phi) is 5.73. The van der Waals surface area contributed by atoms with Crippen molar-refractivity contribution in [2.24, 2.45) is 0 Å². The molecule has 0 aliphatic carbocycles. The molecule has 4 rings (SSSR count). The Bertz CT molecular complexity index is 1140. The molecule has 0 spiro atoms. The average Bonchev–Trinajstić information content (AvgIpc) is 3.06. The number of pyridine rings is 1. The molecule has 7 heteroatoms. The smallest absolute Gasteiger partial charge is 0.300 e. The summed E-state index contributed by atoms with van der Waals surface area (Å²) in [6, 6.07) is 16.0. The van der Waals surface area contributed by atoms with Gasteiger partial charge in [-0.1, -0.05) is 17.7 Å². The highest BCUT2D eigenvalue weighted by molar-refractivity contribution is 6.51. The monoisotopic (exact) mass is 434 g/mol. The first kappa shape index (κ1) is 20.6. The van der Waals surface area contributed by atoms with E-state index < -0.39 is 17.7 Å². The van der Waals surface area contributed by atoms with E-state index in [1.165, 1.54) is 4.90 Å². The van der Waals surface area contributed by atoms with Gasteiger partial charge in [-0.3, -0.25) is 19.5 Å². The van der Waals surface area contributed by atoms with E-state index in [0.717, 1.165) is 0 Å². The number of nitrogens with zero attached hydrogens (tertiary/aromatic N) is 2. The molecular formula is C24H19ClN2O4. The highest BCUT2D eigenvalue weighted by Gasteiger charge is 2.47. The van der Waals surface area contributed by atoms with Crippen LogP contribution in [0.4, 0.5) is 5.69 Å². The number of carbonyl (C=O) groups excluding carboxylic acids is 2. The zero-order chi connectivity index (χ0) is 22.0. The fraction of sp³-hybridized carbons (Fsp3) is 0.125. The van der Waals surface area contributed by atoms with Crippen molar-refractivity contribution in [3.8, 4) is 5.75 Å². The number of hydrogen-bond acceptors (Lipinski definition) is 5. The van der Waals surface area contributed by atoms with Gasteiger partial charge in [-0.2, -0.15) is 0 Å². The Morgan fingerprint density at radius 1 is 1.10 bits per heavy atom. The van der Waals surface area contributed by atoms with E-state index >= 15 is 0 Å². The maximum Gasteiger partial charge on any atom is 0.300 e. The molecule has 3 aromatic rings. The molecule has 1 N–H and O–H groups in total. The lowest BCUT2D eigenvalue weighted by molar-refractivity contribution is -0.132. The molecule has 1 aromatic heterocycles. The molecule has 1 fully saturated rings. The molecule has 2 heterocycles. The predicted octanol–water partition coefficient (Wildman–Crippen LogP) is 4.76. The minimum absolute atomic E-state index is 0.00268. The van der Waals surface area contributed by atoms with Crippen LogP contribution < -0.4 is 9.64 Å². The first-order chi connectivity index (χ1) is 15.0. The summed E-state index contributed by atoms with van der Waals surface area (Å²) in [6.45, 7) is 2.39. The molecule has 1 aliphatic heterocycles. The minimum Gasteiger partial charge on any atom is -0.507 e. The van der Waals surface area contributed by atoms with E-state index in [-0.39, 0.29) is 11.3 Å². The number of rotatable bonds is 5. The van der Waals surface area contributed by atoms with Gasteiger partial charge in [0, 0.05) is 28.7 Å². The Labute approximate surface area is 184 Å². The maximum absolute atomic E-state index is 13.0. The lowest BCUT2D eigenvalue weighted by Gasteiger charge is -2.25. The van der Waals surface area contributed by atoms with E-state index in [4.69, 9.17) is 16.3 Å². The van der Waals surface area contributed by atoms with Crippen molar-refractivity contribution in [2.45, 2.75) is 13.0 Å². The van der Waals surface area contributed by atoms with E-state index in [1.807, 2.05) is 6.92 Å². The van der Waals surface area contributed by atoms with E-state index in [9.17, 15) is 14.7 Å². The number of ether oxygens (including phenoxy) is 1. The molecule has 156 valence electrons. The Hall–Kier alpha value is -3.64. The topological polar surface area (TPSA) is 79.7 Å². The quantitative estimate of drug-likeness (QED) is 0.356. The molecule has 1 saturated heterocycles. The summed E-state index contributed by atoms with van der Waals surface area (Å²) in [6.07, 6.45) is 3.18. The van der Waals surface area contributed by atoms with Crippen molar-refractivity contribution >= 4 is 34.7 Å². The minimum atomic E-state index is -0.832. The molecule has 1 amide bonds. The molecule has 0 radical (unpaired) electrons. The number of ketones is 1. The van der Waals surface area contributed by atoms with E-state index in [2.05, 4.69) is 4.98 Å². The van der Waals surface area contributed by atoms with Crippen molar-refractivity contribution in [1.29, 1.82) is 0 Å². The van der Waals surface area contributed by atoms with Crippen molar-refractivity contribution in [1.82, 2.24) is 4.98 Å². The van der Waals surface area contributed by atoms with Crippen molar-refractivity contribution in [3.05, 3.63) is 94.8 Å². The predicted molar refractivity (Wildman–Crippen MR) is 118 cm³/mol. The van der Waals surface area contributed by atoms with Crippen LogP contribution in [-0.2, 0) is 9.59 Å². The number of aliphatic hydroxyl groups is 1. The van der Waals surface area contributed by atoms with Crippen LogP contribution in [0.3, 0.4) is 0 Å². The molecule has 0 saturated carbocycles. The lowest BCUT2D eigenvalue weighted by atomic mass is 9.96. The molecule has 1 aliphatic rings. The standard InChI is InChI=1S/C24H19ClN2O4/c1-2-31-19-11-5-15(6-12-19)22(28)20-21(16-4-3-13-26-14-16)27(24(30)23(20)29)18-9-7-17(25)8-10-18/h3-14,21,28H,2H2,1H3/b22-20-. The zero-order valence-corrected chi connectivity index (χ0v) is 17.4. The molecule has 31 heavy (non-hydrogen) atoms. The zero-order valence-electron chi connectivity index (χ0n) is 16.7. The van der Waals surface area contributed by atoms with Gasteiger partial charge in [-0.05, 0) is 67.1 Å². The second-order valence-corrected chi connectivity index (χ2v) is 7.33. The molecule has 6 nitrogen and oxygen atoms in total. The normalized spacial score (nSPS) is 17.7. The Balaban J connectivity index is 1.87. The fourth-order valence-corrected chi connectivity index (χ4v) is 3.71. The lowest BCUT2D eigenvalue weighted by Crippen LogP contribution is -2.29. The first-order valence-corrected chi connectivity index (χ1v) is 10.1. The van der Waals surface area contributed by atoms with Gasteiger partial charge in [0.15, 0.2) is 0 Å². The molecule has 1 atom stereocenters. The first-order valence-electron chi connectivity index (χ1n) is 9.71. The van der Waals surface area contributed by atoms with Gasteiger partial charge < -0.3 is 9.84 Å². The van der Waals surface area contributed by atoms with Crippen LogP contribution in [0.1, 0.15) is 24.1 Å². The number of aliphatic hydroxyl groups excluding tert-OH is 1. The maximum atomic E-state index is 13.0. The number of carbonyl (C=O) groups is 2. The summed E-state index contributed by atoms with van der Waals surface area (Å²) in [4.78, 5) is 31.5. The van der Waals surface area contributed by atoms with Crippen molar-refractivity contribution < 1.29 is 19.4 Å². The number of Topliss-reactive ketones (excluding diaryl/α,β-unsaturated/α-hetero) is 1. The number of benzene rings is 2. The summed E-state index contributed by atoms with van der Waals surface area (Å²) in [5.41, 5.74) is 1.50. The Morgan fingerprint density at radius 2 is 1.81 bits per heavy atom. The van der Waals surface area contributed by atoms with Gasteiger partial charge in [0.1, 0.15) is 11.5 Å². The third kappa shape index (κ3) is 3.90. The van der Waals surface area contributed by atoms with Gasteiger partial charge in [-0.15, -0.1) is 0 Å². The van der Waals surface area contributed by atoms with Crippen LogP contribution >= 0.6 is 11.6 Å². The number of anilines is 1. The summed E-state index contributed by atoms with van der Waals surface area (Å²) in [5, 5.41) is 11.6. The second-order valence-electron chi connectivity index (χ2n) is 6.89. The second kappa shape index (κ2) is 8.62. The average molecular weight is 435 g/mol. The van der Waals surface area contributed by atoms with Crippen molar-refractivity contribution in [3.63, 3.8) is 0 Å². The fourth-order valence-electron chi connectivity index (χ4n) is 3.58. The highest BCUT2D eigenvalue weighted by atomic mass is 35.5. The van der Waals surface area contributed by atoms with E-state index in [0.29, 0.717) is 34.2 Å². The molecule has 2 aromatic carbocycles. The number of halogens is 1. The van der Waals surface area contributed by atoms with Gasteiger partial charge in [0.05, 0.1) is 18.2 Å². The highest BCUT2D eigenvalue weighted by Crippen LogP contribution is 2.42. The Morgan fingerprint density at radius 3 is 2.42 bits per heavy atom. The van der Waals surface area contributed by atoms with Crippen LogP contribution in [0.2, 0.25) is 5.02 Å². The summed E-state index contributed by atoms with van der Waals surface area (Å²) in [5.74, 6) is -1.12. The molecule has 1 unspecified atom stereocenters. The summed E-state index contributed by atoms with van der Waals surface area (Å²) in [7, 11) is 0. The SMILES string of the molecule is CCOc1ccc(/C(O)=C2/C(=O)C(=O)N(c3ccc(Cl)cc3)C2c2cccnc2)cc1. The third-order valence-electron chi connectivity index (χ3n) is 4.99. The largest absolute Gasteiger partial charge is 0.507 e. The van der Waals surface area contributed by atoms with Gasteiger partial charge in [-0.25, -0.2) is 0 Å². The van der Waals surface area contributed by atoms with Crippen molar-refractivity contribution in [2.75, 3.05) is 11.5 Å². The third-order valence-corrected chi connectivity index (χ3v) is 5.24. The molecule has 0 bridgehead atoms. The number of amides is 1. The van der Waals surface area contributed by atoms with E-state index in [1.54, 1.807) is 73.1 Å². The van der Waals surface area contributed by atoms with Crippen LogP contribution in [0.5, 0.6) is 5.75 Å². The number of aromatic nitrogens is 1. The van der Waals surface area contributed by atoms with Gasteiger partial charge in [0.25, 0.3) is 11.7 Å². The van der Waals surface area contributed by atoms with Crippen LogP contribution in [0, 0.1) is 0 Å². The van der Waals surface area contributed by atoms with Gasteiger partial charge in [0.2, 0.25) is 0 Å².